The maximum absolute atomic E-state index is 12.0. The minimum Gasteiger partial charge on any atom is -0.299 e. The fourth-order valence-corrected chi connectivity index (χ4v) is 4.29. The standard InChI is InChI=1S/C16H26O/c1-11-14-13(7-6-9-15(14,3)4)8-10-16(11,5)12(2)17/h6-7,11,13-14H,8-10H2,1-5H3/t11?,13?,14?,16-/m1/s1. The van der Waals surface area contributed by atoms with E-state index in [2.05, 4.69) is 39.8 Å². The molecule has 0 heterocycles. The van der Waals surface area contributed by atoms with Gasteiger partial charge in [-0.15, -0.1) is 0 Å². The average Bonchev–Trinajstić information content (AvgIpc) is 2.22. The van der Waals surface area contributed by atoms with Crippen LogP contribution in [0.25, 0.3) is 0 Å². The molecule has 0 aromatic rings. The van der Waals surface area contributed by atoms with Gasteiger partial charge < -0.3 is 0 Å². The summed E-state index contributed by atoms with van der Waals surface area (Å²) in [6.07, 6.45) is 8.17. The average molecular weight is 234 g/mol. The Morgan fingerprint density at radius 1 is 1.29 bits per heavy atom. The lowest BCUT2D eigenvalue weighted by Gasteiger charge is -2.54. The minimum absolute atomic E-state index is 0.0936. The van der Waals surface area contributed by atoms with Crippen LogP contribution in [0.15, 0.2) is 12.2 Å². The quantitative estimate of drug-likeness (QED) is 0.620. The molecule has 1 heteroatoms. The molecular formula is C16H26O. The fraction of sp³-hybridized carbons (Fsp3) is 0.812. The molecule has 0 amide bonds. The first-order valence-corrected chi connectivity index (χ1v) is 6.97. The highest BCUT2D eigenvalue weighted by Gasteiger charge is 2.51. The van der Waals surface area contributed by atoms with Crippen LogP contribution in [-0.4, -0.2) is 5.78 Å². The Hall–Kier alpha value is -0.590. The van der Waals surface area contributed by atoms with Gasteiger partial charge in [0.15, 0.2) is 0 Å². The number of hydrogen-bond acceptors (Lipinski definition) is 1. The summed E-state index contributed by atoms with van der Waals surface area (Å²) in [5, 5.41) is 0. The van der Waals surface area contributed by atoms with Crippen LogP contribution >= 0.6 is 0 Å². The molecule has 0 aromatic heterocycles. The first kappa shape index (κ1) is 12.9. The second-order valence-electron chi connectivity index (χ2n) is 7.11. The van der Waals surface area contributed by atoms with Crippen LogP contribution in [-0.2, 0) is 4.79 Å². The van der Waals surface area contributed by atoms with Crippen LogP contribution in [0, 0.1) is 28.6 Å². The van der Waals surface area contributed by atoms with Crippen molar-refractivity contribution in [3.8, 4) is 0 Å². The van der Waals surface area contributed by atoms with Gasteiger partial charge in [-0.2, -0.15) is 0 Å². The van der Waals surface area contributed by atoms with E-state index in [0.717, 1.165) is 12.8 Å². The predicted molar refractivity (Wildman–Crippen MR) is 71.7 cm³/mol. The maximum atomic E-state index is 12.0. The first-order valence-electron chi connectivity index (χ1n) is 6.97. The molecule has 0 saturated heterocycles. The number of ketones is 1. The molecule has 3 unspecified atom stereocenters. The van der Waals surface area contributed by atoms with E-state index >= 15 is 0 Å². The second kappa shape index (κ2) is 3.96. The lowest BCUT2D eigenvalue weighted by molar-refractivity contribution is -0.136. The second-order valence-corrected chi connectivity index (χ2v) is 7.11. The Morgan fingerprint density at radius 2 is 1.94 bits per heavy atom. The summed E-state index contributed by atoms with van der Waals surface area (Å²) in [4.78, 5) is 12.0. The van der Waals surface area contributed by atoms with Crippen molar-refractivity contribution >= 4 is 5.78 Å². The van der Waals surface area contributed by atoms with Gasteiger partial charge in [-0.05, 0) is 49.4 Å². The van der Waals surface area contributed by atoms with E-state index in [4.69, 9.17) is 0 Å². The van der Waals surface area contributed by atoms with Crippen LogP contribution < -0.4 is 0 Å². The Kier molecular flexibility index (Phi) is 3.00. The van der Waals surface area contributed by atoms with Gasteiger partial charge in [-0.1, -0.05) is 39.8 Å². The van der Waals surface area contributed by atoms with Crippen molar-refractivity contribution in [3.63, 3.8) is 0 Å². The molecule has 17 heavy (non-hydrogen) atoms. The Labute approximate surface area is 106 Å². The number of fused-ring (bicyclic) bond motifs is 1. The van der Waals surface area contributed by atoms with E-state index in [9.17, 15) is 4.79 Å². The zero-order valence-corrected chi connectivity index (χ0v) is 11.9. The molecule has 96 valence electrons. The van der Waals surface area contributed by atoms with E-state index < -0.39 is 0 Å². The zero-order chi connectivity index (χ0) is 12.8. The molecule has 0 N–H and O–H groups in total. The van der Waals surface area contributed by atoms with E-state index in [1.807, 2.05) is 0 Å². The molecule has 0 bridgehead atoms. The SMILES string of the molecule is CC(=O)[C@]1(C)CCC2C=CCC(C)(C)C2C1C. The van der Waals surface area contributed by atoms with Crippen molar-refractivity contribution in [3.05, 3.63) is 12.2 Å². The highest BCUT2D eigenvalue weighted by molar-refractivity contribution is 5.82. The lowest BCUT2D eigenvalue weighted by atomic mass is 9.50. The number of carbonyl (C=O) groups is 1. The Bertz CT molecular complexity index is 353. The number of Topliss-reactive ketones (excluding diaryl/α,β-unsaturated/α-hetero) is 1. The molecule has 0 spiro atoms. The fourth-order valence-electron chi connectivity index (χ4n) is 4.29. The third-order valence-electron chi connectivity index (χ3n) is 5.74. The van der Waals surface area contributed by atoms with Crippen molar-refractivity contribution in [2.24, 2.45) is 28.6 Å². The maximum Gasteiger partial charge on any atom is 0.135 e. The van der Waals surface area contributed by atoms with Gasteiger partial charge in [-0.3, -0.25) is 4.79 Å². The summed E-state index contributed by atoms with van der Waals surface area (Å²) in [6.45, 7) is 11.0. The van der Waals surface area contributed by atoms with Gasteiger partial charge in [0.25, 0.3) is 0 Å². The van der Waals surface area contributed by atoms with Gasteiger partial charge >= 0.3 is 0 Å². The van der Waals surface area contributed by atoms with Gasteiger partial charge in [0.1, 0.15) is 5.78 Å². The number of carbonyl (C=O) groups excluding carboxylic acids is 1. The topological polar surface area (TPSA) is 17.1 Å². The van der Waals surface area contributed by atoms with Gasteiger partial charge in [-0.25, -0.2) is 0 Å². The molecule has 1 saturated carbocycles. The van der Waals surface area contributed by atoms with Gasteiger partial charge in [0.2, 0.25) is 0 Å². The summed E-state index contributed by atoms with van der Waals surface area (Å²) >= 11 is 0. The molecular weight excluding hydrogens is 208 g/mol. The van der Waals surface area contributed by atoms with E-state index in [0.29, 0.717) is 29.0 Å². The van der Waals surface area contributed by atoms with Crippen molar-refractivity contribution in [2.75, 3.05) is 0 Å². The largest absolute Gasteiger partial charge is 0.299 e. The van der Waals surface area contributed by atoms with Crippen LogP contribution in [0.4, 0.5) is 0 Å². The summed E-state index contributed by atoms with van der Waals surface area (Å²) in [7, 11) is 0. The van der Waals surface area contributed by atoms with Crippen molar-refractivity contribution in [2.45, 2.75) is 53.9 Å². The molecule has 2 rings (SSSR count). The molecule has 0 radical (unpaired) electrons. The highest BCUT2D eigenvalue weighted by atomic mass is 16.1. The molecule has 0 aromatic carbocycles. The highest BCUT2D eigenvalue weighted by Crippen LogP contribution is 2.56. The van der Waals surface area contributed by atoms with E-state index in [1.165, 1.54) is 6.42 Å². The van der Waals surface area contributed by atoms with Crippen LogP contribution in [0.2, 0.25) is 0 Å². The number of allylic oxidation sites excluding steroid dienone is 2. The molecule has 2 aliphatic carbocycles. The molecule has 1 nitrogen and oxygen atoms in total. The van der Waals surface area contributed by atoms with Crippen LogP contribution in [0.3, 0.4) is 0 Å². The zero-order valence-electron chi connectivity index (χ0n) is 11.9. The summed E-state index contributed by atoms with van der Waals surface area (Å²) in [6, 6.07) is 0. The monoisotopic (exact) mass is 234 g/mol. The molecule has 1 fully saturated rings. The van der Waals surface area contributed by atoms with Crippen molar-refractivity contribution in [1.82, 2.24) is 0 Å². The molecule has 4 atom stereocenters. The van der Waals surface area contributed by atoms with Crippen molar-refractivity contribution < 1.29 is 4.79 Å². The van der Waals surface area contributed by atoms with Gasteiger partial charge in [0.05, 0.1) is 0 Å². The first-order chi connectivity index (χ1) is 7.79. The summed E-state index contributed by atoms with van der Waals surface area (Å²) < 4.78 is 0. The predicted octanol–water partition coefficient (Wildman–Crippen LogP) is 4.23. The van der Waals surface area contributed by atoms with Crippen LogP contribution in [0.1, 0.15) is 53.9 Å². The van der Waals surface area contributed by atoms with E-state index in [-0.39, 0.29) is 5.41 Å². The summed E-state index contributed by atoms with van der Waals surface area (Å²) in [5.74, 6) is 2.24. The molecule has 2 aliphatic rings. The third-order valence-corrected chi connectivity index (χ3v) is 5.74. The minimum atomic E-state index is -0.0936. The molecule has 0 aliphatic heterocycles. The Balaban J connectivity index is 2.36. The smallest absolute Gasteiger partial charge is 0.135 e. The van der Waals surface area contributed by atoms with Crippen molar-refractivity contribution in [1.29, 1.82) is 0 Å². The van der Waals surface area contributed by atoms with Crippen LogP contribution in [0.5, 0.6) is 0 Å². The van der Waals surface area contributed by atoms with E-state index in [1.54, 1.807) is 6.92 Å². The Morgan fingerprint density at radius 3 is 2.53 bits per heavy atom. The normalized spacial score (nSPS) is 44.2. The number of hydrogen-bond donors (Lipinski definition) is 0. The lowest BCUT2D eigenvalue weighted by Crippen LogP contribution is -2.49. The summed E-state index contributed by atoms with van der Waals surface area (Å²) in [5.41, 5.74) is 0.250. The van der Waals surface area contributed by atoms with Gasteiger partial charge in [0, 0.05) is 5.41 Å². The third kappa shape index (κ3) is 1.88. The number of rotatable bonds is 1.